The Bertz CT molecular complexity index is 1510. The van der Waals surface area contributed by atoms with Gasteiger partial charge in [-0.25, -0.2) is 8.78 Å². The Kier molecular flexibility index (Phi) is 6.92. The van der Waals surface area contributed by atoms with Crippen LogP contribution in [0.5, 0.6) is 0 Å². The minimum Gasteiger partial charge on any atom is -0.381 e. The number of piperidine rings is 1. The molecule has 1 saturated heterocycles. The Morgan fingerprint density at radius 2 is 1.90 bits per heavy atom. The van der Waals surface area contributed by atoms with Crippen molar-refractivity contribution in [3.8, 4) is 0 Å². The van der Waals surface area contributed by atoms with E-state index < -0.39 is 34.9 Å². The lowest BCUT2D eigenvalue weighted by atomic mass is 9.62. The summed E-state index contributed by atoms with van der Waals surface area (Å²) in [6.45, 7) is 1.41. The molecule has 42 heavy (non-hydrogen) atoms. The highest BCUT2D eigenvalue weighted by Crippen LogP contribution is 2.50. The van der Waals surface area contributed by atoms with E-state index in [0.29, 0.717) is 18.5 Å². The van der Waals surface area contributed by atoms with E-state index in [-0.39, 0.29) is 55.4 Å². The number of halogens is 5. The van der Waals surface area contributed by atoms with E-state index in [1.54, 1.807) is 30.5 Å². The zero-order chi connectivity index (χ0) is 30.0. The quantitative estimate of drug-likeness (QED) is 0.352. The van der Waals surface area contributed by atoms with Crippen molar-refractivity contribution in [2.75, 3.05) is 25.1 Å². The molecule has 0 bridgehead atoms. The number of carbonyl (C=O) groups is 1. The van der Waals surface area contributed by atoms with Crippen LogP contribution in [0.15, 0.2) is 42.7 Å². The van der Waals surface area contributed by atoms with Crippen molar-refractivity contribution < 1.29 is 31.5 Å². The largest absolute Gasteiger partial charge is 0.416 e. The fourth-order valence-corrected chi connectivity index (χ4v) is 6.71. The van der Waals surface area contributed by atoms with Crippen LogP contribution in [0.4, 0.5) is 27.6 Å². The zero-order valence-electron chi connectivity index (χ0n) is 23.6. The molecule has 0 unspecified atom stereocenters. The van der Waals surface area contributed by atoms with Crippen molar-refractivity contribution in [3.05, 3.63) is 76.4 Å². The number of aryl methyl sites for hydroxylation is 1. The van der Waals surface area contributed by atoms with Crippen molar-refractivity contribution in [1.82, 2.24) is 19.7 Å². The highest BCUT2D eigenvalue weighted by atomic mass is 19.4. The molecule has 2 fully saturated rings. The molecule has 6 rings (SSSR count). The summed E-state index contributed by atoms with van der Waals surface area (Å²) in [4.78, 5) is 16.8. The Labute approximate surface area is 240 Å². The number of ether oxygens (including phenoxy) is 1. The fraction of sp³-hybridized carbons (Fsp3) is 0.500. The smallest absolute Gasteiger partial charge is 0.381 e. The van der Waals surface area contributed by atoms with E-state index in [4.69, 9.17) is 4.74 Å². The number of rotatable bonds is 6. The van der Waals surface area contributed by atoms with Gasteiger partial charge in [0.15, 0.2) is 0 Å². The maximum absolute atomic E-state index is 14.3. The topological polar surface area (TPSA) is 63.5 Å². The van der Waals surface area contributed by atoms with Gasteiger partial charge in [0.05, 0.1) is 23.6 Å². The van der Waals surface area contributed by atoms with Gasteiger partial charge in [0.2, 0.25) is 0 Å². The lowest BCUT2D eigenvalue weighted by molar-refractivity contribution is -0.138. The second-order valence-electron chi connectivity index (χ2n) is 11.9. The van der Waals surface area contributed by atoms with Gasteiger partial charge in [-0.05, 0) is 53.8 Å². The summed E-state index contributed by atoms with van der Waals surface area (Å²) in [5.74, 6) is -3.49. The molecule has 224 valence electrons. The second kappa shape index (κ2) is 10.1. The Balaban J connectivity index is 1.32. The highest BCUT2D eigenvalue weighted by molar-refractivity contribution is 6.10. The van der Waals surface area contributed by atoms with Crippen molar-refractivity contribution >= 4 is 11.6 Å². The number of methoxy groups -OCH3 is 1. The van der Waals surface area contributed by atoms with Crippen molar-refractivity contribution in [2.45, 2.75) is 62.9 Å². The third-order valence-corrected chi connectivity index (χ3v) is 9.16. The monoisotopic (exact) mass is 589 g/mol. The van der Waals surface area contributed by atoms with E-state index in [9.17, 15) is 26.7 Å². The van der Waals surface area contributed by atoms with Crippen LogP contribution in [-0.2, 0) is 36.5 Å². The number of fused-ring (bicyclic) bond motifs is 1. The molecular weight excluding hydrogens is 557 g/mol. The zero-order valence-corrected chi connectivity index (χ0v) is 23.6. The van der Waals surface area contributed by atoms with Crippen LogP contribution >= 0.6 is 0 Å². The summed E-state index contributed by atoms with van der Waals surface area (Å²) in [5.41, 5.74) is 0.181. The van der Waals surface area contributed by atoms with Gasteiger partial charge in [-0.2, -0.15) is 13.2 Å². The SMILES string of the molecule is CO[C@H]1C[C@@](c2cccc(N3Cc4c(cc(CN5CCC(F)(F)[C@H](C)C5)cc4C(F)(F)F)C3=O)c2)(c2nncn2C)C1. The minimum absolute atomic E-state index is 0.00767. The third kappa shape index (κ3) is 4.78. The minimum atomic E-state index is -4.68. The van der Waals surface area contributed by atoms with Crippen LogP contribution < -0.4 is 4.90 Å². The predicted molar refractivity (Wildman–Crippen MR) is 144 cm³/mol. The first-order valence-electron chi connectivity index (χ1n) is 14.0. The highest BCUT2D eigenvalue weighted by Gasteiger charge is 2.51. The van der Waals surface area contributed by atoms with Crippen molar-refractivity contribution in [2.24, 2.45) is 13.0 Å². The van der Waals surface area contributed by atoms with Crippen LogP contribution in [0.1, 0.15) is 64.6 Å². The van der Waals surface area contributed by atoms with Crippen LogP contribution in [0, 0.1) is 5.92 Å². The summed E-state index contributed by atoms with van der Waals surface area (Å²) in [6.07, 6.45) is -2.10. The first-order valence-corrected chi connectivity index (χ1v) is 14.0. The first kappa shape index (κ1) is 28.7. The first-order chi connectivity index (χ1) is 19.8. The molecule has 3 aromatic rings. The Hall–Kier alpha value is -3.38. The number of alkyl halides is 5. The number of benzene rings is 2. The van der Waals surface area contributed by atoms with E-state index in [1.165, 1.54) is 17.9 Å². The van der Waals surface area contributed by atoms with E-state index in [2.05, 4.69) is 10.2 Å². The van der Waals surface area contributed by atoms with E-state index in [0.717, 1.165) is 17.5 Å². The molecule has 0 N–H and O–H groups in total. The molecule has 3 aliphatic rings. The van der Waals surface area contributed by atoms with E-state index in [1.807, 2.05) is 23.7 Å². The number of carbonyl (C=O) groups excluding carboxylic acids is 1. The molecular formula is C30H32F5N5O2. The van der Waals surface area contributed by atoms with Gasteiger partial charge < -0.3 is 14.2 Å². The molecule has 12 heteroatoms. The maximum atomic E-state index is 14.3. The third-order valence-electron chi connectivity index (χ3n) is 9.16. The van der Waals surface area contributed by atoms with Crippen molar-refractivity contribution in [3.63, 3.8) is 0 Å². The summed E-state index contributed by atoms with van der Waals surface area (Å²) >= 11 is 0. The molecule has 2 aliphatic heterocycles. The maximum Gasteiger partial charge on any atom is 0.416 e. The lowest BCUT2D eigenvalue weighted by Gasteiger charge is -2.46. The second-order valence-corrected chi connectivity index (χ2v) is 11.9. The number of hydrogen-bond donors (Lipinski definition) is 0. The molecule has 2 aromatic carbocycles. The van der Waals surface area contributed by atoms with Crippen LogP contribution in [0.3, 0.4) is 0 Å². The molecule has 1 amide bonds. The average Bonchev–Trinajstić information content (AvgIpc) is 3.49. The van der Waals surface area contributed by atoms with Crippen LogP contribution in [-0.4, -0.2) is 57.8 Å². The lowest BCUT2D eigenvalue weighted by Crippen LogP contribution is -2.48. The normalized spacial score (nSPS) is 25.9. The molecule has 7 nitrogen and oxygen atoms in total. The van der Waals surface area contributed by atoms with E-state index >= 15 is 0 Å². The van der Waals surface area contributed by atoms with Gasteiger partial charge in [0, 0.05) is 57.4 Å². The number of amides is 1. The molecule has 1 aliphatic carbocycles. The predicted octanol–water partition coefficient (Wildman–Crippen LogP) is 5.57. The number of likely N-dealkylation sites (tertiary alicyclic amines) is 1. The molecule has 1 saturated carbocycles. The summed E-state index contributed by atoms with van der Waals surface area (Å²) in [6, 6.07) is 9.83. The van der Waals surface area contributed by atoms with Gasteiger partial charge in [0.1, 0.15) is 12.2 Å². The standard InChI is InChI=1S/C30H32F5N5O2/c1-18-14-39(8-7-29(18,31)32)15-19-9-23-24(25(10-19)30(33,34)35)16-40(26(23)41)21-6-4-5-20(11-21)28(12-22(13-28)42-3)27-37-36-17-38(27)2/h4-6,9-11,17-18,22H,7-8,12-16H2,1-3H3/t18-,22-,28+/m1/s1. The van der Waals surface area contributed by atoms with Gasteiger partial charge in [0.25, 0.3) is 11.8 Å². The van der Waals surface area contributed by atoms with Gasteiger partial charge in [-0.15, -0.1) is 10.2 Å². The summed E-state index contributed by atoms with van der Waals surface area (Å²) in [7, 11) is 3.50. The number of nitrogens with zero attached hydrogens (tertiary/aromatic N) is 5. The Morgan fingerprint density at radius 1 is 1.14 bits per heavy atom. The van der Waals surface area contributed by atoms with Gasteiger partial charge >= 0.3 is 6.18 Å². The Morgan fingerprint density at radius 3 is 2.55 bits per heavy atom. The summed E-state index contributed by atoms with van der Waals surface area (Å²) in [5, 5.41) is 8.38. The molecule has 0 spiro atoms. The number of anilines is 1. The fourth-order valence-electron chi connectivity index (χ4n) is 6.71. The molecule has 1 atom stereocenters. The van der Waals surface area contributed by atoms with Gasteiger partial charge in [-0.3, -0.25) is 9.69 Å². The van der Waals surface area contributed by atoms with Crippen LogP contribution in [0.2, 0.25) is 0 Å². The molecule has 3 heterocycles. The molecule has 1 aromatic heterocycles. The summed E-state index contributed by atoms with van der Waals surface area (Å²) < 4.78 is 78.2. The average molecular weight is 590 g/mol. The van der Waals surface area contributed by atoms with Crippen molar-refractivity contribution in [1.29, 1.82) is 0 Å². The van der Waals surface area contributed by atoms with Gasteiger partial charge in [-0.1, -0.05) is 19.1 Å². The molecule has 0 radical (unpaired) electrons. The van der Waals surface area contributed by atoms with Crippen LogP contribution in [0.25, 0.3) is 0 Å². The number of hydrogen-bond acceptors (Lipinski definition) is 5. The number of aromatic nitrogens is 3.